The van der Waals surface area contributed by atoms with Crippen LogP contribution in [0.25, 0.3) is 0 Å². The average molecular weight is 440 g/mol. The molecule has 0 aromatic carbocycles. The summed E-state index contributed by atoms with van der Waals surface area (Å²) >= 11 is 0. The van der Waals surface area contributed by atoms with E-state index in [0.717, 1.165) is 0 Å². The maximum absolute atomic E-state index is 7.50. The Bertz CT molecular complexity index is 287. The van der Waals surface area contributed by atoms with Gasteiger partial charge in [-0.3, -0.25) is 0 Å². The molecule has 1 aromatic rings. The molecule has 1 rings (SSSR count). The largest absolute Gasteiger partial charge is 1.00 e. The summed E-state index contributed by atoms with van der Waals surface area (Å²) in [4.78, 5) is 0. The Balaban J connectivity index is -0.0000000211. The SMILES string of the molecule is Cc1cc[c-]pc1.[C-]#[O+].[C-]#[O+].[C-]#[O+].[C-]#[O+].[C-]#[O+].[Li+].[W]. The van der Waals surface area contributed by atoms with Crippen molar-refractivity contribution in [3.05, 3.63) is 62.5 Å². The molecule has 0 saturated carbocycles. The van der Waals surface area contributed by atoms with Gasteiger partial charge < -0.3 is 0 Å². The van der Waals surface area contributed by atoms with Crippen molar-refractivity contribution in [1.82, 2.24) is 0 Å². The maximum atomic E-state index is 7.50. The first-order valence-corrected chi connectivity index (χ1v) is 4.17. The van der Waals surface area contributed by atoms with Gasteiger partial charge in [0.15, 0.2) is 0 Å². The van der Waals surface area contributed by atoms with Crippen LogP contribution in [0.4, 0.5) is 0 Å². The molecule has 0 N–H and O–H groups in total. The minimum Gasteiger partial charge on any atom is 0 e. The van der Waals surface area contributed by atoms with Gasteiger partial charge in [-0.25, -0.2) is 8.19 Å². The molecule has 0 aliphatic rings. The maximum Gasteiger partial charge on any atom is 1.00 e. The van der Waals surface area contributed by atoms with Crippen molar-refractivity contribution in [3.63, 3.8) is 0 Å². The summed E-state index contributed by atoms with van der Waals surface area (Å²) in [5, 5.41) is 0. The van der Waals surface area contributed by atoms with Crippen LogP contribution in [0.5, 0.6) is 0 Å². The smallest absolute Gasteiger partial charge is 0 e. The summed E-state index contributed by atoms with van der Waals surface area (Å²) in [6, 6.07) is 4.01. The molecule has 0 saturated heterocycles. The van der Waals surface area contributed by atoms with Gasteiger partial charge in [-0.15, -0.1) is 5.80 Å². The fraction of sp³-hybridized carbons (Fsp3) is 0.0909. The third kappa shape index (κ3) is 73.9. The molecule has 0 aliphatic heterocycles. The van der Waals surface area contributed by atoms with Crippen LogP contribution in [0.1, 0.15) is 5.56 Å². The van der Waals surface area contributed by atoms with Gasteiger partial charge in [0.25, 0.3) is 0 Å². The molecule has 0 aliphatic carbocycles. The Hall–Kier alpha value is -0.364. The van der Waals surface area contributed by atoms with Gasteiger partial charge in [-0.2, -0.15) is 23.5 Å². The van der Waals surface area contributed by atoms with Crippen LogP contribution in [-0.2, 0) is 44.3 Å². The van der Waals surface area contributed by atoms with E-state index >= 15 is 0 Å². The first-order chi connectivity index (χ1) is 8.39. The van der Waals surface area contributed by atoms with Gasteiger partial charge in [-0.1, -0.05) is 6.92 Å². The van der Waals surface area contributed by atoms with Crippen molar-refractivity contribution < 1.29 is 63.2 Å². The molecule has 0 amide bonds. The van der Waals surface area contributed by atoms with E-state index < -0.39 is 0 Å². The van der Waals surface area contributed by atoms with Crippen molar-refractivity contribution in [2.75, 3.05) is 0 Å². The molecular weight excluding hydrogens is 434 g/mol. The summed E-state index contributed by atoms with van der Waals surface area (Å²) in [6.45, 7) is 24.6. The first-order valence-electron chi connectivity index (χ1n) is 3.20. The molecule has 0 bridgehead atoms. The third-order valence-electron chi connectivity index (χ3n) is 0.763. The zero-order valence-corrected chi connectivity index (χ0v) is 14.0. The monoisotopic (exact) mass is 440 g/mol. The predicted octanol–water partition coefficient (Wildman–Crippen LogP) is -0.811. The van der Waals surface area contributed by atoms with Crippen LogP contribution in [0, 0.1) is 46.0 Å². The molecule has 0 unspecified atom stereocenters. The number of hydrogen-bond donors (Lipinski definition) is 0. The molecule has 92 valence electrons. The second kappa shape index (κ2) is 83.7. The summed E-state index contributed by atoms with van der Waals surface area (Å²) in [5.74, 6) is 5.16. The Morgan fingerprint density at radius 2 is 1.21 bits per heavy atom. The van der Waals surface area contributed by atoms with E-state index in [4.69, 9.17) is 23.3 Å². The van der Waals surface area contributed by atoms with Gasteiger partial charge in [-0.05, 0) is 0 Å². The van der Waals surface area contributed by atoms with E-state index in [1.807, 2.05) is 6.07 Å². The molecule has 0 radical (unpaired) electrons. The molecule has 0 spiro atoms. The topological polar surface area (TPSA) is 99.5 Å². The molecule has 19 heavy (non-hydrogen) atoms. The van der Waals surface area contributed by atoms with E-state index in [1.54, 1.807) is 0 Å². The number of hydrogen-bond acceptors (Lipinski definition) is 0. The summed E-state index contributed by atoms with van der Waals surface area (Å²) in [6.07, 6.45) is 0. The van der Waals surface area contributed by atoms with Crippen LogP contribution in [-0.4, -0.2) is 0 Å². The first kappa shape index (κ1) is 42.8. The van der Waals surface area contributed by atoms with Gasteiger partial charge in [0.1, 0.15) is 0 Å². The van der Waals surface area contributed by atoms with Crippen molar-refractivity contribution >= 4 is 8.19 Å². The molecule has 1 aromatic heterocycles. The number of aryl methyl sites for hydroxylation is 1. The summed E-state index contributed by atoms with van der Waals surface area (Å²) in [5.41, 5.74) is 1.33. The zero-order chi connectivity index (χ0) is 15.1. The quantitative estimate of drug-likeness (QED) is 0.287. The molecule has 1 heterocycles. The summed E-state index contributed by atoms with van der Waals surface area (Å²) < 4.78 is 37.5. The van der Waals surface area contributed by atoms with E-state index in [9.17, 15) is 0 Å². The van der Waals surface area contributed by atoms with Crippen molar-refractivity contribution in [2.24, 2.45) is 0 Å². The molecule has 0 atom stereocenters. The summed E-state index contributed by atoms with van der Waals surface area (Å²) in [7, 11) is 1.19. The van der Waals surface area contributed by atoms with E-state index in [0.29, 0.717) is 0 Å². The van der Waals surface area contributed by atoms with Crippen molar-refractivity contribution in [1.29, 1.82) is 0 Å². The Morgan fingerprint density at radius 3 is 1.32 bits per heavy atom. The van der Waals surface area contributed by atoms with Crippen LogP contribution in [0.3, 0.4) is 0 Å². The molecule has 5 nitrogen and oxygen atoms in total. The molecular formula is C11H6LiO5PW. The van der Waals surface area contributed by atoms with Gasteiger partial charge in [0.2, 0.25) is 0 Å². The fourth-order valence-electron chi connectivity index (χ4n) is 0.394. The third-order valence-corrected chi connectivity index (χ3v) is 1.60. The fourth-order valence-corrected chi connectivity index (χ4v) is 0.919. The molecule has 0 fully saturated rings. The van der Waals surface area contributed by atoms with Gasteiger partial charge in [0.05, 0.1) is 0 Å². The average Bonchev–Trinajstić information content (AvgIpc) is 2.50. The minimum absolute atomic E-state index is 0. The van der Waals surface area contributed by atoms with Crippen molar-refractivity contribution in [2.45, 2.75) is 6.92 Å². The zero-order valence-electron chi connectivity index (χ0n) is 10.1. The second-order valence-corrected chi connectivity index (χ2v) is 2.24. The Labute approximate surface area is 140 Å². The van der Waals surface area contributed by atoms with Crippen molar-refractivity contribution in [3.8, 4) is 0 Å². The standard InChI is InChI=1S/C6H6P.5CO.Li.W/c1-6-3-2-4-7-5-6;5*1-2;;/h2-3,5H,1H3;;;;;;;/q-1;;;;;;+1;. The van der Waals surface area contributed by atoms with Crippen LogP contribution < -0.4 is 18.9 Å². The van der Waals surface area contributed by atoms with Gasteiger partial charge in [0, 0.05) is 21.1 Å². The Morgan fingerprint density at radius 1 is 0.895 bits per heavy atom. The normalized spacial score (nSPS) is 4.16. The minimum atomic E-state index is 0. The van der Waals surface area contributed by atoms with E-state index in [2.05, 4.69) is 57.8 Å². The molecule has 8 heteroatoms. The Kier molecular flexibility index (Phi) is 189. The second-order valence-electron chi connectivity index (χ2n) is 1.46. The van der Waals surface area contributed by atoms with Crippen LogP contribution in [0.15, 0.2) is 17.9 Å². The van der Waals surface area contributed by atoms with E-state index in [-0.39, 0.29) is 39.9 Å². The van der Waals surface area contributed by atoms with E-state index in [1.165, 1.54) is 13.8 Å². The predicted molar refractivity (Wildman–Crippen MR) is 52.2 cm³/mol. The van der Waals surface area contributed by atoms with Crippen LogP contribution in [0.2, 0.25) is 0 Å². The van der Waals surface area contributed by atoms with Gasteiger partial charge >= 0.3 is 75.4 Å². The number of rotatable bonds is 0. The van der Waals surface area contributed by atoms with Crippen LogP contribution >= 0.6 is 8.19 Å².